The monoisotopic (exact) mass is 586 g/mol. The predicted molar refractivity (Wildman–Crippen MR) is 144 cm³/mol. The summed E-state index contributed by atoms with van der Waals surface area (Å²) in [5.74, 6) is 0.0416. The number of hydrogen-bond acceptors (Lipinski definition) is 7. The van der Waals surface area contributed by atoms with Gasteiger partial charge < -0.3 is 4.42 Å². The van der Waals surface area contributed by atoms with Crippen molar-refractivity contribution in [2.75, 3.05) is 11.6 Å². The molecule has 1 saturated heterocycles. The van der Waals surface area contributed by atoms with E-state index in [1.807, 2.05) is 25.1 Å². The Bertz CT molecular complexity index is 1520. The van der Waals surface area contributed by atoms with Gasteiger partial charge >= 0.3 is 0 Å². The summed E-state index contributed by atoms with van der Waals surface area (Å²) in [7, 11) is -3.64. The SMILES string of the molecule is CC1CCCCN1S(=O)(=O)c1ccc(C(=O)N(/N=C/c2ccco2)c2nc3ccc(Br)cc3s2)cc1. The van der Waals surface area contributed by atoms with Crippen LogP contribution in [0.5, 0.6) is 0 Å². The van der Waals surface area contributed by atoms with E-state index in [0.717, 1.165) is 34.0 Å². The molecule has 5 rings (SSSR count). The van der Waals surface area contributed by atoms with Gasteiger partial charge in [-0.25, -0.2) is 13.4 Å². The van der Waals surface area contributed by atoms with Gasteiger partial charge in [0.1, 0.15) is 5.76 Å². The molecule has 2 aromatic heterocycles. The van der Waals surface area contributed by atoms with Gasteiger partial charge in [0.05, 0.1) is 27.6 Å². The fourth-order valence-electron chi connectivity index (χ4n) is 4.10. The molecule has 0 bridgehead atoms. The van der Waals surface area contributed by atoms with Crippen LogP contribution in [0.2, 0.25) is 0 Å². The van der Waals surface area contributed by atoms with Crippen molar-refractivity contribution >= 4 is 64.8 Å². The van der Waals surface area contributed by atoms with E-state index in [2.05, 4.69) is 26.0 Å². The molecule has 0 N–H and O–H groups in total. The third-order valence-electron chi connectivity index (χ3n) is 6.01. The molecule has 0 spiro atoms. The smallest absolute Gasteiger partial charge is 0.280 e. The van der Waals surface area contributed by atoms with E-state index in [1.54, 1.807) is 16.4 Å². The fourth-order valence-corrected chi connectivity index (χ4v) is 7.27. The molecule has 0 radical (unpaired) electrons. The molecule has 1 fully saturated rings. The number of furan rings is 1. The maximum Gasteiger partial charge on any atom is 0.280 e. The lowest BCUT2D eigenvalue weighted by Gasteiger charge is -2.32. The molecule has 0 saturated carbocycles. The van der Waals surface area contributed by atoms with E-state index in [4.69, 9.17) is 4.42 Å². The maximum atomic E-state index is 13.5. The summed E-state index contributed by atoms with van der Waals surface area (Å²) in [5, 5.41) is 5.95. The molecule has 8 nitrogen and oxygen atoms in total. The normalized spacial score (nSPS) is 17.1. The van der Waals surface area contributed by atoms with Crippen LogP contribution in [0.25, 0.3) is 10.2 Å². The summed E-state index contributed by atoms with van der Waals surface area (Å²) in [6, 6.07) is 15.1. The van der Waals surface area contributed by atoms with Crippen LogP contribution < -0.4 is 5.01 Å². The van der Waals surface area contributed by atoms with Crippen molar-refractivity contribution in [1.82, 2.24) is 9.29 Å². The number of benzene rings is 2. The van der Waals surface area contributed by atoms with Crippen molar-refractivity contribution in [1.29, 1.82) is 0 Å². The van der Waals surface area contributed by atoms with E-state index in [-0.39, 0.29) is 16.5 Å². The van der Waals surface area contributed by atoms with Crippen LogP contribution in [0, 0.1) is 0 Å². The first-order chi connectivity index (χ1) is 17.3. The van der Waals surface area contributed by atoms with Crippen molar-refractivity contribution in [2.45, 2.75) is 37.1 Å². The number of hydrazone groups is 1. The number of rotatable bonds is 6. The molecule has 11 heteroatoms. The summed E-state index contributed by atoms with van der Waals surface area (Å²) >= 11 is 4.78. The minimum atomic E-state index is -3.64. The Labute approximate surface area is 221 Å². The number of sulfonamides is 1. The number of anilines is 1. The topological polar surface area (TPSA) is 96.1 Å². The average Bonchev–Trinajstić information content (AvgIpc) is 3.54. The molecular formula is C25H23BrN4O4S2. The van der Waals surface area contributed by atoms with Gasteiger partial charge in [-0.3, -0.25) is 4.79 Å². The van der Waals surface area contributed by atoms with Gasteiger partial charge in [0.15, 0.2) is 0 Å². The van der Waals surface area contributed by atoms with Gasteiger partial charge in [0.25, 0.3) is 5.91 Å². The lowest BCUT2D eigenvalue weighted by molar-refractivity contribution is 0.0987. The highest BCUT2D eigenvalue weighted by atomic mass is 79.9. The zero-order chi connectivity index (χ0) is 25.3. The number of thiazole rings is 1. The molecule has 1 unspecified atom stereocenters. The average molecular weight is 588 g/mol. The summed E-state index contributed by atoms with van der Waals surface area (Å²) in [6.45, 7) is 2.44. The number of halogens is 1. The first kappa shape index (κ1) is 24.8. The van der Waals surface area contributed by atoms with Gasteiger partial charge in [-0.15, -0.1) is 0 Å². The summed E-state index contributed by atoms with van der Waals surface area (Å²) in [4.78, 5) is 18.3. The molecule has 1 atom stereocenters. The number of carbonyl (C=O) groups excluding carboxylic acids is 1. The third-order valence-corrected chi connectivity index (χ3v) is 9.52. The predicted octanol–water partition coefficient (Wildman–Crippen LogP) is 5.90. The highest BCUT2D eigenvalue weighted by molar-refractivity contribution is 9.10. The van der Waals surface area contributed by atoms with E-state index >= 15 is 0 Å². The van der Waals surface area contributed by atoms with Crippen molar-refractivity contribution in [3.63, 3.8) is 0 Å². The maximum absolute atomic E-state index is 13.5. The van der Waals surface area contributed by atoms with Gasteiger partial charge in [0, 0.05) is 22.6 Å². The van der Waals surface area contributed by atoms with Crippen molar-refractivity contribution in [2.24, 2.45) is 5.10 Å². The summed E-state index contributed by atoms with van der Waals surface area (Å²) in [5.41, 5.74) is 1.03. The van der Waals surface area contributed by atoms with Crippen LogP contribution in [0.4, 0.5) is 5.13 Å². The number of hydrogen-bond donors (Lipinski definition) is 0. The van der Waals surface area contributed by atoms with Crippen molar-refractivity contribution < 1.29 is 17.6 Å². The van der Waals surface area contributed by atoms with E-state index < -0.39 is 15.9 Å². The summed E-state index contributed by atoms with van der Waals surface area (Å²) < 4.78 is 35.0. The van der Waals surface area contributed by atoms with Gasteiger partial charge in [-0.1, -0.05) is 33.7 Å². The van der Waals surface area contributed by atoms with E-state index in [1.165, 1.54) is 53.1 Å². The van der Waals surface area contributed by atoms with Gasteiger partial charge in [-0.05, 0) is 74.4 Å². The lowest BCUT2D eigenvalue weighted by Crippen LogP contribution is -2.41. The molecule has 1 aliphatic heterocycles. The van der Waals surface area contributed by atoms with Crippen LogP contribution >= 0.6 is 27.3 Å². The van der Waals surface area contributed by atoms with Crippen LogP contribution in [-0.2, 0) is 10.0 Å². The first-order valence-corrected chi connectivity index (χ1v) is 14.5. The Morgan fingerprint density at radius 2 is 2.03 bits per heavy atom. The van der Waals surface area contributed by atoms with Crippen LogP contribution in [0.3, 0.4) is 0 Å². The van der Waals surface area contributed by atoms with Crippen LogP contribution in [-0.4, -0.2) is 42.4 Å². The number of aromatic nitrogens is 1. The summed E-state index contributed by atoms with van der Waals surface area (Å²) in [6.07, 6.45) is 5.68. The van der Waals surface area contributed by atoms with Crippen LogP contribution in [0.15, 0.2) is 79.7 Å². The molecule has 4 aromatic rings. The van der Waals surface area contributed by atoms with E-state index in [9.17, 15) is 13.2 Å². The third kappa shape index (κ3) is 5.01. The van der Waals surface area contributed by atoms with Gasteiger partial charge in [0.2, 0.25) is 15.2 Å². The minimum absolute atomic E-state index is 0.0458. The Morgan fingerprint density at radius 3 is 2.75 bits per heavy atom. The van der Waals surface area contributed by atoms with Gasteiger partial charge in [-0.2, -0.15) is 14.4 Å². The largest absolute Gasteiger partial charge is 0.463 e. The second-order valence-electron chi connectivity index (χ2n) is 8.47. The Hall–Kier alpha value is -2.86. The Kier molecular flexibility index (Phi) is 7.07. The van der Waals surface area contributed by atoms with Crippen molar-refractivity contribution in [3.8, 4) is 0 Å². The van der Waals surface area contributed by atoms with E-state index in [0.29, 0.717) is 17.4 Å². The fraction of sp³-hybridized carbons (Fsp3) is 0.240. The molecule has 3 heterocycles. The number of piperidine rings is 1. The molecule has 186 valence electrons. The van der Waals surface area contributed by atoms with Crippen molar-refractivity contribution in [3.05, 3.63) is 76.7 Å². The number of fused-ring (bicyclic) bond motifs is 1. The number of nitrogens with zero attached hydrogens (tertiary/aromatic N) is 4. The number of amides is 1. The minimum Gasteiger partial charge on any atom is -0.463 e. The number of carbonyl (C=O) groups is 1. The standard InChI is InChI=1S/C25H23BrN4O4S2/c1-17-5-2-3-13-29(17)36(32,33)21-10-7-18(8-11-21)24(31)30(27-16-20-6-4-14-34-20)25-28-22-12-9-19(26)15-23(22)35-25/h4,6-12,14-17H,2-3,5,13H2,1H3/b27-16+. The first-order valence-electron chi connectivity index (χ1n) is 11.4. The highest BCUT2D eigenvalue weighted by Gasteiger charge is 2.31. The molecule has 1 amide bonds. The van der Waals surface area contributed by atoms with Crippen LogP contribution in [0.1, 0.15) is 42.3 Å². The Balaban J connectivity index is 1.47. The lowest BCUT2D eigenvalue weighted by atomic mass is 10.1. The molecule has 0 aliphatic carbocycles. The molecule has 1 aliphatic rings. The Morgan fingerprint density at radius 1 is 1.22 bits per heavy atom. The zero-order valence-corrected chi connectivity index (χ0v) is 22.6. The molecular weight excluding hydrogens is 564 g/mol. The second-order valence-corrected chi connectivity index (χ2v) is 12.3. The molecule has 36 heavy (non-hydrogen) atoms. The molecule has 2 aromatic carbocycles. The zero-order valence-electron chi connectivity index (χ0n) is 19.4. The highest BCUT2D eigenvalue weighted by Crippen LogP contribution is 2.32. The second kappa shape index (κ2) is 10.3. The quantitative estimate of drug-likeness (QED) is 0.207.